The van der Waals surface area contributed by atoms with Gasteiger partial charge < -0.3 is 4.74 Å². The molecule has 1 aromatic heterocycles. The van der Waals surface area contributed by atoms with E-state index in [1.165, 1.54) is 0 Å². The maximum Gasteiger partial charge on any atom is 0.214 e. The highest BCUT2D eigenvalue weighted by molar-refractivity contribution is 6.25. The summed E-state index contributed by atoms with van der Waals surface area (Å²) in [5.41, 5.74) is 3.12. The van der Waals surface area contributed by atoms with E-state index in [1.54, 1.807) is 7.11 Å². The van der Waals surface area contributed by atoms with Gasteiger partial charge in [0.2, 0.25) is 5.88 Å². The molecule has 1 heterocycles. The first kappa shape index (κ1) is 11.2. The Labute approximate surface area is 115 Å². The fraction of sp³-hybridized carbons (Fsp3) is 0.0588. The van der Waals surface area contributed by atoms with Crippen LogP contribution in [0.3, 0.4) is 0 Å². The van der Waals surface area contributed by atoms with Crippen molar-refractivity contribution in [3.8, 4) is 17.1 Å². The summed E-state index contributed by atoms with van der Waals surface area (Å²) < 4.78 is 5.27. The highest BCUT2D eigenvalue weighted by atomic mass is 16.5. The Hall–Kier alpha value is -2.68. The number of nitrogens with zero attached hydrogens (tertiary/aromatic N) is 1. The molecule has 0 atom stereocenters. The van der Waals surface area contributed by atoms with Crippen LogP contribution in [0.5, 0.6) is 5.88 Å². The molecule has 0 fully saturated rings. The minimum atomic E-state index is 0.0608. The lowest BCUT2D eigenvalue weighted by molar-refractivity contribution is 0.104. The van der Waals surface area contributed by atoms with E-state index in [-0.39, 0.29) is 5.78 Å². The molecule has 0 N–H and O–H groups in total. The average Bonchev–Trinajstić information content (AvgIpc) is 2.51. The molecule has 96 valence electrons. The molecule has 0 amide bonds. The summed E-state index contributed by atoms with van der Waals surface area (Å²) in [6.07, 6.45) is 0. The van der Waals surface area contributed by atoms with Crippen molar-refractivity contribution in [2.24, 2.45) is 0 Å². The number of aromatic nitrogens is 1. The molecule has 0 radical (unpaired) electrons. The second-order valence-corrected chi connectivity index (χ2v) is 4.79. The van der Waals surface area contributed by atoms with Gasteiger partial charge in [0.25, 0.3) is 0 Å². The number of hydrogen-bond donors (Lipinski definition) is 0. The molecule has 20 heavy (non-hydrogen) atoms. The number of methoxy groups -OCH3 is 1. The van der Waals surface area contributed by atoms with Gasteiger partial charge in [-0.25, -0.2) is 4.98 Å². The first-order valence-corrected chi connectivity index (χ1v) is 6.41. The molecule has 1 aliphatic carbocycles. The summed E-state index contributed by atoms with van der Waals surface area (Å²) in [5.74, 6) is 0.625. The zero-order chi connectivity index (χ0) is 13.7. The van der Waals surface area contributed by atoms with Crippen LogP contribution >= 0.6 is 0 Å². The first-order chi connectivity index (χ1) is 9.79. The van der Waals surface area contributed by atoms with E-state index in [4.69, 9.17) is 4.74 Å². The van der Waals surface area contributed by atoms with Crippen molar-refractivity contribution in [1.29, 1.82) is 0 Å². The van der Waals surface area contributed by atoms with Gasteiger partial charge >= 0.3 is 0 Å². The molecular weight excluding hydrogens is 250 g/mol. The van der Waals surface area contributed by atoms with Crippen LogP contribution < -0.4 is 4.74 Å². The van der Waals surface area contributed by atoms with Crippen molar-refractivity contribution in [1.82, 2.24) is 4.98 Å². The van der Waals surface area contributed by atoms with Crippen molar-refractivity contribution in [2.75, 3.05) is 7.11 Å². The van der Waals surface area contributed by atoms with Crippen molar-refractivity contribution in [3.63, 3.8) is 0 Å². The minimum Gasteiger partial charge on any atom is -0.481 e. The number of benzene rings is 2. The summed E-state index contributed by atoms with van der Waals surface area (Å²) in [4.78, 5) is 17.1. The van der Waals surface area contributed by atoms with Gasteiger partial charge in [-0.1, -0.05) is 42.5 Å². The number of fused-ring (bicyclic) bond motifs is 2. The number of ketones is 1. The van der Waals surface area contributed by atoms with Crippen molar-refractivity contribution in [3.05, 3.63) is 59.7 Å². The van der Waals surface area contributed by atoms with Crippen LogP contribution in [0.15, 0.2) is 48.5 Å². The van der Waals surface area contributed by atoms with Gasteiger partial charge in [-0.15, -0.1) is 0 Å². The SMILES string of the molecule is COc1cc2cccc3c2c(n1)-c1ccccc1C3=O. The predicted molar refractivity (Wildman–Crippen MR) is 77.2 cm³/mol. The molecule has 2 aromatic carbocycles. The van der Waals surface area contributed by atoms with E-state index in [2.05, 4.69) is 4.98 Å². The Morgan fingerprint density at radius 3 is 2.50 bits per heavy atom. The Balaban J connectivity index is 2.23. The third-order valence-electron chi connectivity index (χ3n) is 3.72. The monoisotopic (exact) mass is 261 g/mol. The zero-order valence-electron chi connectivity index (χ0n) is 10.9. The molecule has 3 nitrogen and oxygen atoms in total. The zero-order valence-corrected chi connectivity index (χ0v) is 10.9. The number of hydrogen-bond acceptors (Lipinski definition) is 3. The third-order valence-corrected chi connectivity index (χ3v) is 3.72. The number of pyridine rings is 1. The van der Waals surface area contributed by atoms with Crippen LogP contribution in [0.2, 0.25) is 0 Å². The number of carbonyl (C=O) groups excluding carboxylic acids is 1. The second kappa shape index (κ2) is 3.90. The predicted octanol–water partition coefficient (Wildman–Crippen LogP) is 3.45. The molecule has 0 bridgehead atoms. The third kappa shape index (κ3) is 1.35. The van der Waals surface area contributed by atoms with Crippen LogP contribution in [0.1, 0.15) is 15.9 Å². The molecule has 0 saturated heterocycles. The van der Waals surface area contributed by atoms with E-state index in [0.717, 1.165) is 22.0 Å². The van der Waals surface area contributed by atoms with E-state index < -0.39 is 0 Å². The highest BCUT2D eigenvalue weighted by Crippen LogP contribution is 2.39. The first-order valence-electron chi connectivity index (χ1n) is 6.41. The van der Waals surface area contributed by atoms with Gasteiger partial charge in [-0.05, 0) is 5.39 Å². The van der Waals surface area contributed by atoms with E-state index in [9.17, 15) is 4.79 Å². The Morgan fingerprint density at radius 2 is 1.70 bits per heavy atom. The van der Waals surface area contributed by atoms with Crippen LogP contribution in [-0.4, -0.2) is 17.9 Å². The molecule has 3 heteroatoms. The summed E-state index contributed by atoms with van der Waals surface area (Å²) in [7, 11) is 1.60. The Bertz CT molecular complexity index is 868. The van der Waals surface area contributed by atoms with Crippen molar-refractivity contribution >= 4 is 16.6 Å². The maximum absolute atomic E-state index is 12.6. The Kier molecular flexibility index (Phi) is 2.18. The van der Waals surface area contributed by atoms with Crippen molar-refractivity contribution < 1.29 is 9.53 Å². The normalized spacial score (nSPS) is 12.3. The largest absolute Gasteiger partial charge is 0.481 e. The molecule has 0 saturated carbocycles. The summed E-state index contributed by atoms with van der Waals surface area (Å²) in [6.45, 7) is 0. The smallest absolute Gasteiger partial charge is 0.214 e. The molecular formula is C17H11NO2. The standard InChI is InChI=1S/C17H11NO2/c1-20-14-9-10-5-4-8-13-15(10)16(18-14)11-6-2-3-7-12(11)17(13)19/h2-9H,1H3. The molecule has 0 spiro atoms. The van der Waals surface area contributed by atoms with Gasteiger partial charge in [0.15, 0.2) is 5.78 Å². The highest BCUT2D eigenvalue weighted by Gasteiger charge is 2.26. The van der Waals surface area contributed by atoms with Crippen LogP contribution in [0.4, 0.5) is 0 Å². The minimum absolute atomic E-state index is 0.0608. The number of ether oxygens (including phenoxy) is 1. The van der Waals surface area contributed by atoms with Crippen LogP contribution in [0, 0.1) is 0 Å². The summed E-state index contributed by atoms with van der Waals surface area (Å²) in [5, 5.41) is 1.89. The molecule has 0 unspecified atom stereocenters. The van der Waals surface area contributed by atoms with Gasteiger partial charge in [-0.2, -0.15) is 0 Å². The Morgan fingerprint density at radius 1 is 0.950 bits per heavy atom. The number of rotatable bonds is 1. The van der Waals surface area contributed by atoms with Gasteiger partial charge in [0.05, 0.1) is 12.8 Å². The molecule has 4 rings (SSSR count). The van der Waals surface area contributed by atoms with E-state index in [0.29, 0.717) is 17.0 Å². The number of carbonyl (C=O) groups is 1. The topological polar surface area (TPSA) is 39.2 Å². The summed E-state index contributed by atoms with van der Waals surface area (Å²) in [6, 6.07) is 15.2. The molecule has 1 aliphatic rings. The van der Waals surface area contributed by atoms with Crippen molar-refractivity contribution in [2.45, 2.75) is 0 Å². The lowest BCUT2D eigenvalue weighted by Gasteiger charge is -2.19. The van der Waals surface area contributed by atoms with Gasteiger partial charge in [-0.3, -0.25) is 4.79 Å². The van der Waals surface area contributed by atoms with Gasteiger partial charge in [0.1, 0.15) is 0 Å². The lowest BCUT2D eigenvalue weighted by Crippen LogP contribution is -2.11. The quantitative estimate of drug-likeness (QED) is 0.526. The maximum atomic E-state index is 12.6. The van der Waals surface area contributed by atoms with Crippen LogP contribution in [-0.2, 0) is 0 Å². The molecule has 0 aliphatic heterocycles. The van der Waals surface area contributed by atoms with Crippen LogP contribution in [0.25, 0.3) is 22.0 Å². The fourth-order valence-electron chi connectivity index (χ4n) is 2.81. The average molecular weight is 261 g/mol. The lowest BCUT2D eigenvalue weighted by atomic mass is 9.86. The fourth-order valence-corrected chi connectivity index (χ4v) is 2.81. The second-order valence-electron chi connectivity index (χ2n) is 4.79. The summed E-state index contributed by atoms with van der Waals surface area (Å²) >= 11 is 0. The molecule has 3 aromatic rings. The van der Waals surface area contributed by atoms with E-state index >= 15 is 0 Å². The van der Waals surface area contributed by atoms with E-state index in [1.807, 2.05) is 48.5 Å². The van der Waals surface area contributed by atoms with Gasteiger partial charge in [0, 0.05) is 28.1 Å².